The summed E-state index contributed by atoms with van der Waals surface area (Å²) >= 11 is 0. The quantitative estimate of drug-likeness (QED) is 0.573. The highest BCUT2D eigenvalue weighted by Gasteiger charge is 2.33. The van der Waals surface area contributed by atoms with Gasteiger partial charge in [0.15, 0.2) is 11.9 Å². The lowest BCUT2D eigenvalue weighted by atomic mass is 10.3. The number of hydrogen-bond acceptors (Lipinski definition) is 5. The Labute approximate surface area is 86.0 Å². The van der Waals surface area contributed by atoms with Crippen LogP contribution in [0.4, 0.5) is 19.0 Å². The minimum atomic E-state index is -5.03. The Hall–Kier alpha value is -2.37. The van der Waals surface area contributed by atoms with Crippen LogP contribution in [0.25, 0.3) is 0 Å². The second kappa shape index (κ2) is 4.01. The zero-order valence-corrected chi connectivity index (χ0v) is 7.35. The highest BCUT2D eigenvalue weighted by Crippen LogP contribution is 2.27. The van der Waals surface area contributed by atoms with Crippen molar-refractivity contribution in [1.29, 1.82) is 5.26 Å². The van der Waals surface area contributed by atoms with E-state index in [1.165, 1.54) is 6.07 Å². The van der Waals surface area contributed by atoms with Crippen molar-refractivity contribution in [2.45, 2.75) is 6.36 Å². The topological polar surface area (TPSA) is 89.0 Å². The molecule has 0 N–H and O–H groups in total. The summed E-state index contributed by atoms with van der Waals surface area (Å²) in [5, 5.41) is 18.7. The minimum absolute atomic E-state index is 0.437. The number of halogens is 3. The predicted molar refractivity (Wildman–Crippen MR) is 42.3 cm³/mol. The molecule has 0 radical (unpaired) electrons. The summed E-state index contributed by atoms with van der Waals surface area (Å²) in [6.45, 7) is 0. The van der Waals surface area contributed by atoms with Crippen LogP contribution in [0.1, 0.15) is 5.56 Å². The van der Waals surface area contributed by atoms with E-state index in [4.69, 9.17) is 5.26 Å². The Balaban J connectivity index is 3.19. The third-order valence-corrected chi connectivity index (χ3v) is 1.38. The van der Waals surface area contributed by atoms with Gasteiger partial charge in [0.05, 0.1) is 6.07 Å². The molecule has 0 unspecified atom stereocenters. The molecule has 1 aromatic rings. The van der Waals surface area contributed by atoms with Crippen molar-refractivity contribution < 1.29 is 22.8 Å². The Morgan fingerprint density at radius 2 is 2.19 bits per heavy atom. The number of nitrogens with zero attached hydrogens (tertiary/aromatic N) is 3. The van der Waals surface area contributed by atoms with Gasteiger partial charge in [-0.05, 0) is 9.91 Å². The molecule has 0 amide bonds. The molecule has 0 atom stereocenters. The molecule has 0 aliphatic heterocycles. The smallest absolute Gasteiger partial charge is 0.404 e. The number of nitro groups is 1. The molecule has 84 valence electrons. The van der Waals surface area contributed by atoms with Crippen LogP contribution >= 0.6 is 0 Å². The standard InChI is InChI=1S/C7H2F3N3O3/c8-7(9,10)16-5-1-6(13(14)15)12-3-4(5)2-11/h1,3H. The maximum Gasteiger partial charge on any atom is 0.573 e. The summed E-state index contributed by atoms with van der Waals surface area (Å²) in [4.78, 5) is 12.4. The normalized spacial score (nSPS) is 10.6. The van der Waals surface area contributed by atoms with Crippen molar-refractivity contribution in [3.8, 4) is 11.8 Å². The van der Waals surface area contributed by atoms with Crippen LogP contribution < -0.4 is 4.74 Å². The molecule has 1 aromatic heterocycles. The third kappa shape index (κ3) is 2.81. The van der Waals surface area contributed by atoms with Crippen LogP contribution in [0, 0.1) is 21.4 Å². The van der Waals surface area contributed by atoms with E-state index in [0.29, 0.717) is 12.3 Å². The molecule has 0 fully saturated rings. The van der Waals surface area contributed by atoms with Crippen molar-refractivity contribution in [3.63, 3.8) is 0 Å². The number of aromatic nitrogens is 1. The fourth-order valence-corrected chi connectivity index (χ4v) is 0.820. The van der Waals surface area contributed by atoms with Crippen LogP contribution in [-0.2, 0) is 0 Å². The number of alkyl halides is 3. The first-order valence-electron chi connectivity index (χ1n) is 3.64. The van der Waals surface area contributed by atoms with Crippen molar-refractivity contribution >= 4 is 5.82 Å². The first kappa shape index (κ1) is 11.7. The first-order chi connectivity index (χ1) is 7.33. The number of rotatable bonds is 2. The van der Waals surface area contributed by atoms with E-state index in [2.05, 4.69) is 9.72 Å². The Bertz CT molecular complexity index is 466. The van der Waals surface area contributed by atoms with E-state index in [9.17, 15) is 23.3 Å². The van der Waals surface area contributed by atoms with E-state index < -0.39 is 28.4 Å². The first-order valence-corrected chi connectivity index (χ1v) is 3.64. The van der Waals surface area contributed by atoms with Gasteiger partial charge in [-0.1, -0.05) is 0 Å². The van der Waals surface area contributed by atoms with Gasteiger partial charge in [0.2, 0.25) is 0 Å². The van der Waals surface area contributed by atoms with Gasteiger partial charge in [-0.25, -0.2) is 0 Å². The van der Waals surface area contributed by atoms with Gasteiger partial charge >= 0.3 is 12.2 Å². The van der Waals surface area contributed by atoms with Gasteiger partial charge in [-0.15, -0.1) is 13.2 Å². The maximum absolute atomic E-state index is 11.9. The lowest BCUT2D eigenvalue weighted by Gasteiger charge is -2.08. The summed E-state index contributed by atoms with van der Waals surface area (Å²) in [6.07, 6.45) is -4.39. The summed E-state index contributed by atoms with van der Waals surface area (Å²) in [5.74, 6) is -1.78. The molecule has 1 heterocycles. The van der Waals surface area contributed by atoms with Crippen molar-refractivity contribution in [2.24, 2.45) is 0 Å². The molecule has 16 heavy (non-hydrogen) atoms. The second-order valence-electron chi connectivity index (χ2n) is 2.46. The summed E-state index contributed by atoms with van der Waals surface area (Å²) in [5.41, 5.74) is -0.539. The molecule has 0 saturated heterocycles. The van der Waals surface area contributed by atoms with Crippen LogP contribution in [0.15, 0.2) is 12.3 Å². The van der Waals surface area contributed by atoms with Gasteiger partial charge < -0.3 is 14.9 Å². The van der Waals surface area contributed by atoms with Gasteiger partial charge in [0.25, 0.3) is 0 Å². The third-order valence-electron chi connectivity index (χ3n) is 1.38. The molecule has 1 rings (SSSR count). The molecule has 0 saturated carbocycles. The molecular formula is C7H2F3N3O3. The van der Waals surface area contributed by atoms with E-state index in [-0.39, 0.29) is 0 Å². The molecular weight excluding hydrogens is 231 g/mol. The van der Waals surface area contributed by atoms with Gasteiger partial charge in [0, 0.05) is 0 Å². The van der Waals surface area contributed by atoms with Gasteiger partial charge in [0.1, 0.15) is 11.6 Å². The summed E-state index contributed by atoms with van der Waals surface area (Å²) in [6, 6.07) is 1.81. The van der Waals surface area contributed by atoms with E-state index in [1.54, 1.807) is 0 Å². The molecule has 0 aromatic carbocycles. The molecule has 6 nitrogen and oxygen atoms in total. The van der Waals surface area contributed by atoms with Crippen LogP contribution in [0.2, 0.25) is 0 Å². The number of ether oxygens (including phenoxy) is 1. The molecule has 0 bridgehead atoms. The van der Waals surface area contributed by atoms with E-state index in [0.717, 1.165) is 0 Å². The predicted octanol–water partition coefficient (Wildman–Crippen LogP) is 1.76. The second-order valence-corrected chi connectivity index (χ2v) is 2.46. The van der Waals surface area contributed by atoms with E-state index in [1.807, 2.05) is 0 Å². The Kier molecular flexibility index (Phi) is 2.94. The van der Waals surface area contributed by atoms with Gasteiger partial charge in [-0.2, -0.15) is 5.26 Å². The van der Waals surface area contributed by atoms with Gasteiger partial charge in [-0.3, -0.25) is 0 Å². The zero-order valence-electron chi connectivity index (χ0n) is 7.35. The summed E-state index contributed by atoms with van der Waals surface area (Å²) < 4.78 is 39.1. The van der Waals surface area contributed by atoms with Crippen LogP contribution in [0.3, 0.4) is 0 Å². The fourth-order valence-electron chi connectivity index (χ4n) is 0.820. The number of nitriles is 1. The highest BCUT2D eigenvalue weighted by atomic mass is 19.4. The minimum Gasteiger partial charge on any atom is -0.404 e. The largest absolute Gasteiger partial charge is 0.573 e. The zero-order chi connectivity index (χ0) is 12.3. The lowest BCUT2D eigenvalue weighted by molar-refractivity contribution is -0.389. The molecule has 9 heteroatoms. The SMILES string of the molecule is N#Cc1cnc([N+](=O)[O-])cc1OC(F)(F)F. The van der Waals surface area contributed by atoms with Crippen molar-refractivity contribution in [2.75, 3.05) is 0 Å². The van der Waals surface area contributed by atoms with Crippen molar-refractivity contribution in [1.82, 2.24) is 4.98 Å². The molecule has 0 aliphatic carbocycles. The maximum atomic E-state index is 11.9. The average molecular weight is 233 g/mol. The fraction of sp³-hybridized carbons (Fsp3) is 0.143. The summed E-state index contributed by atoms with van der Waals surface area (Å²) in [7, 11) is 0. The monoisotopic (exact) mass is 233 g/mol. The van der Waals surface area contributed by atoms with Crippen molar-refractivity contribution in [3.05, 3.63) is 27.9 Å². The van der Waals surface area contributed by atoms with Crippen LogP contribution in [0.5, 0.6) is 5.75 Å². The molecule has 0 spiro atoms. The highest BCUT2D eigenvalue weighted by molar-refractivity contribution is 5.45. The Morgan fingerprint density at radius 3 is 2.62 bits per heavy atom. The van der Waals surface area contributed by atoms with E-state index >= 15 is 0 Å². The number of pyridine rings is 1. The average Bonchev–Trinajstić information content (AvgIpc) is 2.15. The molecule has 0 aliphatic rings. The Morgan fingerprint density at radius 1 is 1.56 bits per heavy atom. The van der Waals surface area contributed by atoms with Crippen LogP contribution in [-0.4, -0.2) is 16.3 Å². The lowest BCUT2D eigenvalue weighted by Crippen LogP contribution is -2.18. The number of hydrogen-bond donors (Lipinski definition) is 0.